The molecule has 0 amide bonds. The molecule has 1 atom stereocenters. The van der Waals surface area contributed by atoms with E-state index in [1.54, 1.807) is 6.20 Å². The highest BCUT2D eigenvalue weighted by Crippen LogP contribution is 2.42. The Hall–Kier alpha value is -4.58. The predicted molar refractivity (Wildman–Crippen MR) is 169 cm³/mol. The third-order valence-corrected chi connectivity index (χ3v) is 8.91. The zero-order valence-corrected chi connectivity index (χ0v) is 24.0. The number of aliphatic hydroxyl groups excluding tert-OH is 1. The average Bonchev–Trinajstić information content (AvgIpc) is 3.74. The second-order valence-corrected chi connectivity index (χ2v) is 11.5. The van der Waals surface area contributed by atoms with Gasteiger partial charge in [-0.1, -0.05) is 121 Å². The smallest absolute Gasteiger partial charge is 0.175 e. The van der Waals surface area contributed by atoms with Crippen LogP contribution >= 0.6 is 11.3 Å². The van der Waals surface area contributed by atoms with E-state index in [9.17, 15) is 9.90 Å². The lowest BCUT2D eigenvalue weighted by Crippen LogP contribution is -2.39. The zero-order valence-electron chi connectivity index (χ0n) is 23.2. The van der Waals surface area contributed by atoms with Crippen molar-refractivity contribution in [2.45, 2.75) is 30.9 Å². The van der Waals surface area contributed by atoms with Crippen molar-refractivity contribution >= 4 is 17.1 Å². The summed E-state index contributed by atoms with van der Waals surface area (Å²) in [4.78, 5) is 19.9. The van der Waals surface area contributed by atoms with E-state index in [0.717, 1.165) is 34.4 Å². The molecule has 0 bridgehead atoms. The Bertz CT molecular complexity index is 1630. The number of carbonyl (C=O) groups is 1. The maximum Gasteiger partial charge on any atom is 0.175 e. The Kier molecular flexibility index (Phi) is 8.22. The summed E-state index contributed by atoms with van der Waals surface area (Å²) in [5, 5.41) is 11.6. The van der Waals surface area contributed by atoms with E-state index in [4.69, 9.17) is 0 Å². The van der Waals surface area contributed by atoms with Gasteiger partial charge >= 0.3 is 0 Å². The highest BCUT2D eigenvalue weighted by atomic mass is 32.1. The molecule has 0 aliphatic rings. The molecule has 6 rings (SSSR count). The minimum atomic E-state index is -1.09. The molecule has 2 heterocycles. The van der Waals surface area contributed by atoms with Gasteiger partial charge in [0.1, 0.15) is 17.5 Å². The molecule has 2 aromatic heterocycles. The van der Waals surface area contributed by atoms with Gasteiger partial charge in [0.2, 0.25) is 0 Å². The summed E-state index contributed by atoms with van der Waals surface area (Å²) in [6.07, 6.45) is 4.28. The van der Waals surface area contributed by atoms with Crippen molar-refractivity contribution < 1.29 is 9.90 Å². The molecule has 0 saturated heterocycles. The van der Waals surface area contributed by atoms with Crippen LogP contribution in [0.25, 0.3) is 0 Å². The molecular weight excluding hydrogens is 536 g/mol. The minimum Gasteiger partial charge on any atom is -0.385 e. The van der Waals surface area contributed by atoms with E-state index in [1.165, 1.54) is 16.9 Å². The molecule has 4 nitrogen and oxygen atoms in total. The van der Waals surface area contributed by atoms with Gasteiger partial charge in [0, 0.05) is 23.7 Å². The number of aryl methyl sites for hydroxylation is 2. The summed E-state index contributed by atoms with van der Waals surface area (Å²) in [7, 11) is 0. The summed E-state index contributed by atoms with van der Waals surface area (Å²) < 4.78 is 2.03. The van der Waals surface area contributed by atoms with Gasteiger partial charge in [-0.15, -0.1) is 11.3 Å². The average molecular weight is 569 g/mol. The molecule has 0 radical (unpaired) electrons. The Balaban J connectivity index is 1.33. The van der Waals surface area contributed by atoms with Crippen molar-refractivity contribution in [3.63, 3.8) is 0 Å². The molecule has 0 saturated carbocycles. The first-order chi connectivity index (χ1) is 20.7. The number of nitrogens with zero attached hydrogens (tertiary/aromatic N) is 2. The minimum absolute atomic E-state index is 0.0515. The van der Waals surface area contributed by atoms with E-state index >= 15 is 0 Å². The Morgan fingerprint density at radius 2 is 1.24 bits per heavy atom. The number of hydrogen-bond donors (Lipinski definition) is 1. The molecule has 5 heteroatoms. The largest absolute Gasteiger partial charge is 0.385 e. The molecule has 0 aliphatic carbocycles. The number of rotatable bonds is 11. The van der Waals surface area contributed by atoms with Crippen molar-refractivity contribution in [2.24, 2.45) is 0 Å². The fraction of sp³-hybridized carbons (Fsp3) is 0.135. The number of carbonyl (C=O) groups excluding carboxylic acids is 1. The van der Waals surface area contributed by atoms with Crippen molar-refractivity contribution in [2.75, 3.05) is 0 Å². The van der Waals surface area contributed by atoms with E-state index in [-0.39, 0.29) is 12.2 Å². The molecule has 0 spiro atoms. The first-order valence-electron chi connectivity index (χ1n) is 14.2. The van der Waals surface area contributed by atoms with E-state index in [1.807, 2.05) is 95.7 Å². The number of benzene rings is 4. The van der Waals surface area contributed by atoms with E-state index in [2.05, 4.69) is 53.5 Å². The van der Waals surface area contributed by atoms with Crippen LogP contribution in [0.4, 0.5) is 0 Å². The van der Waals surface area contributed by atoms with Crippen LogP contribution in [0, 0.1) is 0 Å². The summed E-state index contributed by atoms with van der Waals surface area (Å²) in [6, 6.07) is 45.0. The molecule has 4 aromatic carbocycles. The zero-order chi connectivity index (χ0) is 28.8. The summed E-state index contributed by atoms with van der Waals surface area (Å²) >= 11 is 1.51. The molecule has 208 valence electrons. The maximum absolute atomic E-state index is 13.4. The van der Waals surface area contributed by atoms with Gasteiger partial charge in [-0.05, 0) is 47.2 Å². The van der Waals surface area contributed by atoms with Gasteiger partial charge in [-0.2, -0.15) is 0 Å². The molecule has 42 heavy (non-hydrogen) atoms. The number of imidazole rings is 1. The van der Waals surface area contributed by atoms with Gasteiger partial charge in [-0.25, -0.2) is 4.98 Å². The second-order valence-electron chi connectivity index (χ2n) is 10.4. The van der Waals surface area contributed by atoms with Crippen LogP contribution in [0.2, 0.25) is 0 Å². The molecular formula is C37H32N2O2S. The van der Waals surface area contributed by atoms with Crippen molar-refractivity contribution in [3.8, 4) is 0 Å². The quantitative estimate of drug-likeness (QED) is 0.128. The number of hydrogen-bond acceptors (Lipinski definition) is 4. The lowest BCUT2D eigenvalue weighted by molar-refractivity contribution is 0.0862. The summed E-state index contributed by atoms with van der Waals surface area (Å²) in [5.74, 6) is 0.360. The van der Waals surface area contributed by atoms with E-state index in [0.29, 0.717) is 10.7 Å². The first-order valence-corrected chi connectivity index (χ1v) is 15.0. The second kappa shape index (κ2) is 12.5. The van der Waals surface area contributed by atoms with Crippen molar-refractivity contribution in [1.29, 1.82) is 0 Å². The maximum atomic E-state index is 13.4. The number of aliphatic hydroxyl groups is 1. The first kappa shape index (κ1) is 27.6. The number of Topliss-reactive ketones (excluding diaryl/α,β-unsaturated/α-hetero) is 1. The van der Waals surface area contributed by atoms with Gasteiger partial charge in [0.25, 0.3) is 0 Å². The van der Waals surface area contributed by atoms with Crippen molar-refractivity contribution in [3.05, 3.63) is 184 Å². The van der Waals surface area contributed by atoms with Gasteiger partial charge < -0.3 is 9.67 Å². The number of aromatic nitrogens is 2. The van der Waals surface area contributed by atoms with Crippen LogP contribution in [0.1, 0.15) is 55.2 Å². The lowest BCUT2D eigenvalue weighted by Gasteiger charge is -2.39. The van der Waals surface area contributed by atoms with Crippen molar-refractivity contribution in [1.82, 2.24) is 9.55 Å². The third-order valence-electron chi connectivity index (χ3n) is 7.72. The topological polar surface area (TPSA) is 55.1 Å². The fourth-order valence-electron chi connectivity index (χ4n) is 5.74. The lowest BCUT2D eigenvalue weighted by atomic mass is 9.76. The monoisotopic (exact) mass is 568 g/mol. The third kappa shape index (κ3) is 5.49. The Morgan fingerprint density at radius 3 is 1.79 bits per heavy atom. The van der Waals surface area contributed by atoms with Crippen LogP contribution in [0.3, 0.4) is 0 Å². The normalized spacial score (nSPS) is 12.2. The number of ketones is 1. The van der Waals surface area contributed by atoms with Gasteiger partial charge in [0.15, 0.2) is 5.78 Å². The van der Waals surface area contributed by atoms with Crippen LogP contribution < -0.4 is 0 Å². The molecule has 1 unspecified atom stereocenters. The van der Waals surface area contributed by atoms with Crippen LogP contribution in [0.5, 0.6) is 0 Å². The number of thiophene rings is 1. The van der Waals surface area contributed by atoms with Crippen LogP contribution in [-0.2, 0) is 18.4 Å². The fourth-order valence-corrected chi connectivity index (χ4v) is 6.70. The summed E-state index contributed by atoms with van der Waals surface area (Å²) in [5.41, 5.74) is 3.55. The van der Waals surface area contributed by atoms with E-state index < -0.39 is 11.6 Å². The molecule has 6 aromatic rings. The highest BCUT2D eigenvalue weighted by molar-refractivity contribution is 7.14. The molecule has 0 fully saturated rings. The van der Waals surface area contributed by atoms with Gasteiger partial charge in [-0.3, -0.25) is 4.79 Å². The highest BCUT2D eigenvalue weighted by Gasteiger charge is 2.40. The summed E-state index contributed by atoms with van der Waals surface area (Å²) in [6.45, 7) is 0. The van der Waals surface area contributed by atoms with Crippen LogP contribution in [0.15, 0.2) is 146 Å². The molecule has 0 aliphatic heterocycles. The Morgan fingerprint density at radius 1 is 0.714 bits per heavy atom. The standard InChI is InChI=1S/C37H32N2O2S/c40-33(35-24-23-32(42-35)22-21-28-13-5-1-6-14-28)27-34(41)36-38-25-26-39(36)37(29-15-7-2-8-16-29,30-17-9-3-10-18-30)31-19-11-4-12-20-31/h1-20,23-26,34,41H,21-22,27H2. The molecule has 1 N–H and O–H groups in total. The Labute approximate surface area is 250 Å². The van der Waals surface area contributed by atoms with Gasteiger partial charge in [0.05, 0.1) is 4.88 Å². The predicted octanol–water partition coefficient (Wildman–Crippen LogP) is 7.88. The SMILES string of the molecule is O=C(CC(O)c1nccn1C(c1ccccc1)(c1ccccc1)c1ccccc1)c1ccc(CCc2ccccc2)s1. The van der Waals surface area contributed by atoms with Crippen LogP contribution in [-0.4, -0.2) is 20.4 Å².